The quantitative estimate of drug-likeness (QED) is 0.602. The lowest BCUT2D eigenvalue weighted by Gasteiger charge is -2.21. The predicted molar refractivity (Wildman–Crippen MR) is 87.7 cm³/mol. The zero-order valence-electron chi connectivity index (χ0n) is 11.5. The maximum absolute atomic E-state index is 12.3. The molecule has 2 rings (SSSR count). The van der Waals surface area contributed by atoms with Gasteiger partial charge in [-0.2, -0.15) is 0 Å². The molecule has 0 radical (unpaired) electrons. The molecular weight excluding hydrogens is 386 g/mol. The third-order valence-electron chi connectivity index (χ3n) is 3.66. The number of carbonyl (C=O) groups excluding carboxylic acids is 1. The highest BCUT2D eigenvalue weighted by Crippen LogP contribution is 2.27. The highest BCUT2D eigenvalue weighted by molar-refractivity contribution is 9.10. The average molecular weight is 405 g/mol. The molecule has 1 saturated carbocycles. The van der Waals surface area contributed by atoms with E-state index in [-0.39, 0.29) is 11.9 Å². The fourth-order valence-electron chi connectivity index (χ4n) is 2.48. The fourth-order valence-corrected chi connectivity index (χ4v) is 3.75. The van der Waals surface area contributed by atoms with Gasteiger partial charge in [-0.05, 0) is 47.0 Å². The van der Waals surface area contributed by atoms with Crippen molar-refractivity contribution in [1.29, 1.82) is 0 Å². The summed E-state index contributed by atoms with van der Waals surface area (Å²) in [5.41, 5.74) is 0.654. The molecule has 3 nitrogen and oxygen atoms in total. The molecule has 0 heterocycles. The van der Waals surface area contributed by atoms with Gasteiger partial charge in [-0.15, -0.1) is 0 Å². The van der Waals surface area contributed by atoms with Gasteiger partial charge in [0.25, 0.3) is 5.91 Å². The number of amides is 1. The van der Waals surface area contributed by atoms with Crippen LogP contribution < -0.4 is 10.1 Å². The summed E-state index contributed by atoms with van der Waals surface area (Å²) in [5.74, 6) is 0.707. The average Bonchev–Trinajstić information content (AvgIpc) is 2.64. The first kappa shape index (κ1) is 15.8. The summed E-state index contributed by atoms with van der Waals surface area (Å²) in [5, 5.41) is 3.14. The van der Waals surface area contributed by atoms with Gasteiger partial charge in [-0.3, -0.25) is 4.79 Å². The zero-order valence-corrected chi connectivity index (χ0v) is 14.7. The smallest absolute Gasteiger partial charge is 0.251 e. The van der Waals surface area contributed by atoms with Gasteiger partial charge in [0.15, 0.2) is 0 Å². The van der Waals surface area contributed by atoms with Gasteiger partial charge < -0.3 is 10.1 Å². The van der Waals surface area contributed by atoms with Crippen molar-refractivity contribution in [2.24, 2.45) is 0 Å². The van der Waals surface area contributed by atoms with E-state index in [1.165, 1.54) is 19.3 Å². The topological polar surface area (TPSA) is 38.3 Å². The van der Waals surface area contributed by atoms with Crippen LogP contribution in [0.3, 0.4) is 0 Å². The van der Waals surface area contributed by atoms with E-state index in [9.17, 15) is 4.79 Å². The van der Waals surface area contributed by atoms with Crippen molar-refractivity contribution >= 4 is 37.8 Å². The Morgan fingerprint density at radius 1 is 1.30 bits per heavy atom. The molecule has 1 aliphatic carbocycles. The van der Waals surface area contributed by atoms with Gasteiger partial charge in [-0.1, -0.05) is 35.2 Å². The summed E-state index contributed by atoms with van der Waals surface area (Å²) in [4.78, 5) is 12.7. The van der Waals surface area contributed by atoms with E-state index in [2.05, 4.69) is 37.2 Å². The van der Waals surface area contributed by atoms with Crippen LogP contribution in [-0.2, 0) is 0 Å². The standard InChI is InChI=1S/C15H19Br2NO2/c1-20-14-8-7-10(9-12(14)17)15(19)18-13-6-4-2-3-5-11(13)16/h7-9,11,13H,2-6H2,1H3,(H,18,19). The monoisotopic (exact) mass is 403 g/mol. The van der Waals surface area contributed by atoms with E-state index < -0.39 is 0 Å². The largest absolute Gasteiger partial charge is 0.496 e. The summed E-state index contributed by atoms with van der Waals surface area (Å²) in [6.07, 6.45) is 5.83. The molecule has 1 aliphatic rings. The maximum Gasteiger partial charge on any atom is 0.251 e. The summed E-state index contributed by atoms with van der Waals surface area (Å²) in [6.45, 7) is 0. The number of carbonyl (C=O) groups is 1. The van der Waals surface area contributed by atoms with Crippen molar-refractivity contribution in [3.8, 4) is 5.75 Å². The summed E-state index contributed by atoms with van der Waals surface area (Å²) in [7, 11) is 1.61. The van der Waals surface area contributed by atoms with E-state index in [0.29, 0.717) is 10.4 Å². The number of methoxy groups -OCH3 is 1. The first-order valence-electron chi connectivity index (χ1n) is 6.90. The number of alkyl halides is 1. The van der Waals surface area contributed by atoms with Gasteiger partial charge in [0.05, 0.1) is 11.6 Å². The maximum atomic E-state index is 12.3. The van der Waals surface area contributed by atoms with E-state index in [4.69, 9.17) is 4.74 Å². The van der Waals surface area contributed by atoms with E-state index >= 15 is 0 Å². The molecule has 0 saturated heterocycles. The van der Waals surface area contributed by atoms with E-state index in [1.807, 2.05) is 0 Å². The molecule has 110 valence electrons. The second-order valence-electron chi connectivity index (χ2n) is 5.08. The van der Waals surface area contributed by atoms with Crippen molar-refractivity contribution in [3.05, 3.63) is 28.2 Å². The molecule has 2 atom stereocenters. The van der Waals surface area contributed by atoms with Crippen molar-refractivity contribution in [2.45, 2.75) is 43.0 Å². The van der Waals surface area contributed by atoms with Crippen LogP contribution in [0.2, 0.25) is 0 Å². The molecule has 0 bridgehead atoms. The Morgan fingerprint density at radius 3 is 2.75 bits per heavy atom. The van der Waals surface area contributed by atoms with Gasteiger partial charge in [0, 0.05) is 16.4 Å². The van der Waals surface area contributed by atoms with Crippen molar-refractivity contribution in [3.63, 3.8) is 0 Å². The molecule has 0 aromatic heterocycles. The number of nitrogens with one attached hydrogen (secondary N) is 1. The molecule has 1 aromatic rings. The molecule has 0 spiro atoms. The van der Waals surface area contributed by atoms with Gasteiger partial charge in [-0.25, -0.2) is 0 Å². The minimum absolute atomic E-state index is 0.0234. The third kappa shape index (κ3) is 3.98. The lowest BCUT2D eigenvalue weighted by atomic mass is 10.1. The fraction of sp³-hybridized carbons (Fsp3) is 0.533. The first-order valence-corrected chi connectivity index (χ1v) is 8.61. The number of benzene rings is 1. The van der Waals surface area contributed by atoms with E-state index in [1.54, 1.807) is 25.3 Å². The SMILES string of the molecule is COc1ccc(C(=O)NC2CCCCCC2Br)cc1Br. The minimum atomic E-state index is -0.0234. The van der Waals surface area contributed by atoms with Crippen LogP contribution in [0, 0.1) is 0 Å². The Bertz CT molecular complexity index is 479. The van der Waals surface area contributed by atoms with E-state index in [0.717, 1.165) is 23.1 Å². The van der Waals surface area contributed by atoms with Crippen molar-refractivity contribution < 1.29 is 9.53 Å². The molecule has 1 N–H and O–H groups in total. The Labute approximate surface area is 136 Å². The van der Waals surface area contributed by atoms with Gasteiger partial charge in [0.1, 0.15) is 5.75 Å². The van der Waals surface area contributed by atoms with Crippen LogP contribution in [0.5, 0.6) is 5.75 Å². The van der Waals surface area contributed by atoms with Gasteiger partial charge in [0.2, 0.25) is 0 Å². The summed E-state index contributed by atoms with van der Waals surface area (Å²) >= 11 is 7.11. The Balaban J connectivity index is 2.05. The first-order chi connectivity index (χ1) is 9.61. The van der Waals surface area contributed by atoms with Crippen LogP contribution >= 0.6 is 31.9 Å². The Kier molecular flexibility index (Phi) is 5.90. The zero-order chi connectivity index (χ0) is 14.5. The lowest BCUT2D eigenvalue weighted by molar-refractivity contribution is 0.0935. The molecule has 1 fully saturated rings. The van der Waals surface area contributed by atoms with Crippen LogP contribution in [0.25, 0.3) is 0 Å². The molecule has 1 amide bonds. The molecular formula is C15H19Br2NO2. The number of hydrogen-bond acceptors (Lipinski definition) is 2. The number of rotatable bonds is 3. The van der Waals surface area contributed by atoms with Crippen molar-refractivity contribution in [2.75, 3.05) is 7.11 Å². The van der Waals surface area contributed by atoms with Gasteiger partial charge >= 0.3 is 0 Å². The molecule has 0 aliphatic heterocycles. The second kappa shape index (κ2) is 7.46. The molecule has 5 heteroatoms. The number of hydrogen-bond donors (Lipinski definition) is 1. The highest BCUT2D eigenvalue weighted by atomic mass is 79.9. The summed E-state index contributed by atoms with van der Waals surface area (Å²) in [6, 6.07) is 5.61. The predicted octanol–water partition coefficient (Wildman–Crippen LogP) is 4.28. The number of ether oxygens (including phenoxy) is 1. The third-order valence-corrected chi connectivity index (χ3v) is 5.38. The highest BCUT2D eigenvalue weighted by Gasteiger charge is 2.23. The minimum Gasteiger partial charge on any atom is -0.496 e. The molecule has 20 heavy (non-hydrogen) atoms. The number of halogens is 2. The molecule has 2 unspecified atom stereocenters. The Hall–Kier alpha value is -0.550. The second-order valence-corrected chi connectivity index (χ2v) is 7.11. The normalized spacial score (nSPS) is 22.9. The Morgan fingerprint density at radius 2 is 2.05 bits per heavy atom. The molecule has 1 aromatic carbocycles. The van der Waals surface area contributed by atoms with Crippen LogP contribution in [0.4, 0.5) is 0 Å². The van der Waals surface area contributed by atoms with Crippen LogP contribution in [0.15, 0.2) is 22.7 Å². The summed E-state index contributed by atoms with van der Waals surface area (Å²) < 4.78 is 5.97. The van der Waals surface area contributed by atoms with Crippen LogP contribution in [0.1, 0.15) is 42.5 Å². The van der Waals surface area contributed by atoms with Crippen LogP contribution in [-0.4, -0.2) is 23.9 Å². The lowest BCUT2D eigenvalue weighted by Crippen LogP contribution is -2.40. The van der Waals surface area contributed by atoms with Crippen molar-refractivity contribution in [1.82, 2.24) is 5.32 Å².